The Balaban J connectivity index is 1.96. The molecule has 126 valence electrons. The number of rotatable bonds is 5. The molecule has 0 aromatic heterocycles. The van der Waals surface area contributed by atoms with Crippen molar-refractivity contribution in [3.8, 4) is 0 Å². The van der Waals surface area contributed by atoms with Crippen LogP contribution in [0.2, 0.25) is 0 Å². The topological polar surface area (TPSA) is 55.4 Å². The van der Waals surface area contributed by atoms with Crippen molar-refractivity contribution in [3.05, 3.63) is 62.7 Å². The Morgan fingerprint density at radius 3 is 2.42 bits per heavy atom. The monoisotopic (exact) mass is 437 g/mol. The smallest absolute Gasteiger partial charge is 0.338 e. The van der Waals surface area contributed by atoms with Gasteiger partial charge in [0.2, 0.25) is 0 Å². The molecule has 5 heteroatoms. The molecule has 1 N–H and O–H groups in total. The number of ether oxygens (including phenoxy) is 1. The Hall–Kier alpha value is -1.89. The van der Waals surface area contributed by atoms with Gasteiger partial charge in [-0.05, 0) is 71.3 Å². The molecule has 1 amide bonds. The lowest BCUT2D eigenvalue weighted by molar-refractivity contribution is -0.119. The zero-order chi connectivity index (χ0) is 17.7. The van der Waals surface area contributed by atoms with Gasteiger partial charge in [-0.25, -0.2) is 4.79 Å². The Morgan fingerprint density at radius 1 is 1.12 bits per heavy atom. The van der Waals surface area contributed by atoms with Crippen LogP contribution < -0.4 is 5.32 Å². The van der Waals surface area contributed by atoms with Crippen molar-refractivity contribution < 1.29 is 14.3 Å². The second-order valence-corrected chi connectivity index (χ2v) is 7.12. The van der Waals surface area contributed by atoms with Crippen LogP contribution in [0.3, 0.4) is 0 Å². The van der Waals surface area contributed by atoms with Crippen molar-refractivity contribution in [2.24, 2.45) is 0 Å². The summed E-state index contributed by atoms with van der Waals surface area (Å²) in [6, 6.07) is 12.9. The number of esters is 1. The summed E-state index contributed by atoms with van der Waals surface area (Å²) in [4.78, 5) is 24.0. The average Bonchev–Trinajstić information content (AvgIpc) is 2.54. The molecule has 0 saturated heterocycles. The van der Waals surface area contributed by atoms with E-state index in [1.807, 2.05) is 37.3 Å². The standard InChI is InChI=1S/C19H20INO3/c1-12(2)16-10-15(20)8-9-17(16)21-18(22)11-24-19(23)14-6-4-13(3)5-7-14/h4-10,12H,11H2,1-3H3,(H,21,22). The Kier molecular flexibility index (Phi) is 6.36. The quantitative estimate of drug-likeness (QED) is 0.553. The lowest BCUT2D eigenvalue weighted by Crippen LogP contribution is -2.21. The number of carbonyl (C=O) groups excluding carboxylic acids is 2. The van der Waals surface area contributed by atoms with Gasteiger partial charge in [0.25, 0.3) is 5.91 Å². The van der Waals surface area contributed by atoms with Crippen LogP contribution in [0, 0.1) is 10.5 Å². The molecule has 0 saturated carbocycles. The molecule has 2 aromatic rings. The highest BCUT2D eigenvalue weighted by Crippen LogP contribution is 2.26. The summed E-state index contributed by atoms with van der Waals surface area (Å²) in [6.07, 6.45) is 0. The number of hydrogen-bond donors (Lipinski definition) is 1. The number of nitrogens with one attached hydrogen (secondary N) is 1. The molecule has 0 radical (unpaired) electrons. The summed E-state index contributed by atoms with van der Waals surface area (Å²) in [5.74, 6) is -0.569. The highest BCUT2D eigenvalue weighted by atomic mass is 127. The first-order valence-corrected chi connectivity index (χ1v) is 8.78. The van der Waals surface area contributed by atoms with E-state index in [-0.39, 0.29) is 18.4 Å². The van der Waals surface area contributed by atoms with Crippen LogP contribution in [0.4, 0.5) is 5.69 Å². The number of anilines is 1. The minimum absolute atomic E-state index is 0.283. The third-order valence-electron chi connectivity index (χ3n) is 3.53. The summed E-state index contributed by atoms with van der Waals surface area (Å²) < 4.78 is 6.18. The molecule has 0 aliphatic rings. The molecule has 0 fully saturated rings. The molecule has 0 heterocycles. The molecule has 0 bridgehead atoms. The van der Waals surface area contributed by atoms with E-state index in [1.54, 1.807) is 12.1 Å². The summed E-state index contributed by atoms with van der Waals surface area (Å²) >= 11 is 2.24. The van der Waals surface area contributed by atoms with Crippen LogP contribution in [0.1, 0.15) is 41.3 Å². The molecule has 0 unspecified atom stereocenters. The third-order valence-corrected chi connectivity index (χ3v) is 4.20. The highest BCUT2D eigenvalue weighted by molar-refractivity contribution is 14.1. The second-order valence-electron chi connectivity index (χ2n) is 5.88. The highest BCUT2D eigenvalue weighted by Gasteiger charge is 2.13. The lowest BCUT2D eigenvalue weighted by atomic mass is 10.0. The molecule has 0 aliphatic carbocycles. The molecule has 0 atom stereocenters. The van der Waals surface area contributed by atoms with Gasteiger partial charge in [-0.2, -0.15) is 0 Å². The van der Waals surface area contributed by atoms with Crippen LogP contribution in [0.5, 0.6) is 0 Å². The van der Waals surface area contributed by atoms with E-state index in [9.17, 15) is 9.59 Å². The maximum Gasteiger partial charge on any atom is 0.338 e. The molecule has 2 aromatic carbocycles. The van der Waals surface area contributed by atoms with E-state index in [2.05, 4.69) is 41.8 Å². The summed E-state index contributed by atoms with van der Waals surface area (Å²) in [7, 11) is 0. The van der Waals surface area contributed by atoms with Crippen molar-refractivity contribution >= 4 is 40.2 Å². The van der Waals surface area contributed by atoms with Gasteiger partial charge in [0.1, 0.15) is 0 Å². The van der Waals surface area contributed by atoms with Gasteiger partial charge < -0.3 is 10.1 Å². The predicted octanol–water partition coefficient (Wildman–Crippen LogP) is 4.52. The normalized spacial score (nSPS) is 10.5. The maximum atomic E-state index is 12.1. The fraction of sp³-hybridized carbons (Fsp3) is 0.263. The van der Waals surface area contributed by atoms with E-state index < -0.39 is 5.97 Å². The molecular formula is C19H20INO3. The Morgan fingerprint density at radius 2 is 1.79 bits per heavy atom. The van der Waals surface area contributed by atoms with Crippen LogP contribution in [0.25, 0.3) is 0 Å². The first-order chi connectivity index (χ1) is 11.4. The molecule has 0 aliphatic heterocycles. The predicted molar refractivity (Wildman–Crippen MR) is 103 cm³/mol. The number of carbonyl (C=O) groups is 2. The maximum absolute atomic E-state index is 12.1. The van der Waals surface area contributed by atoms with Crippen LogP contribution in [-0.4, -0.2) is 18.5 Å². The largest absolute Gasteiger partial charge is 0.452 e. The zero-order valence-corrected chi connectivity index (χ0v) is 16.1. The number of amides is 1. The summed E-state index contributed by atoms with van der Waals surface area (Å²) in [6.45, 7) is 5.77. The second kappa shape index (κ2) is 8.28. The van der Waals surface area contributed by atoms with Crippen molar-refractivity contribution in [2.75, 3.05) is 11.9 Å². The van der Waals surface area contributed by atoms with Crippen LogP contribution in [-0.2, 0) is 9.53 Å². The van der Waals surface area contributed by atoms with Crippen LogP contribution >= 0.6 is 22.6 Å². The molecule has 2 rings (SSSR count). The van der Waals surface area contributed by atoms with Gasteiger partial charge in [-0.15, -0.1) is 0 Å². The lowest BCUT2D eigenvalue weighted by Gasteiger charge is -2.14. The van der Waals surface area contributed by atoms with Gasteiger partial charge in [0.15, 0.2) is 6.61 Å². The molecule has 0 spiro atoms. The van der Waals surface area contributed by atoms with E-state index >= 15 is 0 Å². The van der Waals surface area contributed by atoms with Gasteiger partial charge >= 0.3 is 5.97 Å². The number of halogens is 1. The third kappa shape index (κ3) is 5.06. The van der Waals surface area contributed by atoms with Gasteiger partial charge in [0.05, 0.1) is 5.56 Å². The molecule has 4 nitrogen and oxygen atoms in total. The van der Waals surface area contributed by atoms with Crippen LogP contribution in [0.15, 0.2) is 42.5 Å². The first kappa shape index (κ1) is 18.4. The van der Waals surface area contributed by atoms with E-state index in [0.717, 1.165) is 20.4 Å². The van der Waals surface area contributed by atoms with Crippen molar-refractivity contribution in [3.63, 3.8) is 0 Å². The molecular weight excluding hydrogens is 417 g/mol. The Bertz CT molecular complexity index is 739. The number of aryl methyl sites for hydroxylation is 1. The minimum atomic E-state index is -0.503. The first-order valence-electron chi connectivity index (χ1n) is 7.70. The number of benzene rings is 2. The number of hydrogen-bond acceptors (Lipinski definition) is 3. The summed E-state index contributed by atoms with van der Waals surface area (Å²) in [5, 5.41) is 2.82. The average molecular weight is 437 g/mol. The SMILES string of the molecule is Cc1ccc(C(=O)OCC(=O)Nc2ccc(I)cc2C(C)C)cc1. The minimum Gasteiger partial charge on any atom is -0.452 e. The van der Waals surface area contributed by atoms with Crippen molar-refractivity contribution in [1.29, 1.82) is 0 Å². The van der Waals surface area contributed by atoms with Gasteiger partial charge in [0, 0.05) is 9.26 Å². The van der Waals surface area contributed by atoms with Crippen molar-refractivity contribution in [2.45, 2.75) is 26.7 Å². The fourth-order valence-electron chi connectivity index (χ4n) is 2.22. The van der Waals surface area contributed by atoms with Gasteiger partial charge in [-0.3, -0.25) is 4.79 Å². The molecule has 24 heavy (non-hydrogen) atoms. The van der Waals surface area contributed by atoms with E-state index in [4.69, 9.17) is 4.74 Å². The zero-order valence-electron chi connectivity index (χ0n) is 13.9. The summed E-state index contributed by atoms with van der Waals surface area (Å²) in [5.41, 5.74) is 3.30. The fourth-order valence-corrected chi connectivity index (χ4v) is 2.73. The van der Waals surface area contributed by atoms with Crippen molar-refractivity contribution in [1.82, 2.24) is 0 Å². The Labute approximate surface area is 155 Å². The van der Waals surface area contributed by atoms with E-state index in [0.29, 0.717) is 5.56 Å². The van der Waals surface area contributed by atoms with E-state index in [1.165, 1.54) is 0 Å². The van der Waals surface area contributed by atoms with Gasteiger partial charge in [-0.1, -0.05) is 31.5 Å².